The zero-order valence-electron chi connectivity index (χ0n) is 17.7. The van der Waals surface area contributed by atoms with Crippen LogP contribution >= 0.6 is 24.0 Å². The molecule has 1 N–H and O–H groups in total. The lowest BCUT2D eigenvalue weighted by molar-refractivity contribution is -0.137. The smallest absolute Gasteiger partial charge is 0.379 e. The largest absolute Gasteiger partial charge is 0.416 e. The molecule has 0 aromatic heterocycles. The average Bonchev–Trinajstić information content (AvgIpc) is 3.19. The van der Waals surface area contributed by atoms with Crippen molar-refractivity contribution in [1.82, 2.24) is 15.1 Å². The number of likely N-dealkylation sites (tertiary alicyclic amines) is 1. The monoisotopic (exact) mass is 550 g/mol. The number of rotatable bonds is 4. The van der Waals surface area contributed by atoms with E-state index >= 15 is 0 Å². The van der Waals surface area contributed by atoms with Crippen molar-refractivity contribution in [2.75, 3.05) is 59.0 Å². The number of nitrogens with zero attached hydrogens (tertiary/aromatic N) is 3. The van der Waals surface area contributed by atoms with E-state index in [0.717, 1.165) is 77.0 Å². The Hall–Kier alpha value is -1.51. The number of benzene rings is 1. The SMILES string of the molecule is CCNC(=NCC#Cc1cccc(C(F)(F)F)c1)N1CCC(CN2CCOCC2)C1.I. The average molecular weight is 550 g/mol. The van der Waals surface area contributed by atoms with Crippen molar-refractivity contribution in [3.8, 4) is 11.8 Å². The summed E-state index contributed by atoms with van der Waals surface area (Å²) in [5, 5.41) is 3.30. The molecule has 2 aliphatic rings. The Morgan fingerprint density at radius 2 is 2.03 bits per heavy atom. The van der Waals surface area contributed by atoms with Gasteiger partial charge in [-0.15, -0.1) is 24.0 Å². The van der Waals surface area contributed by atoms with E-state index < -0.39 is 11.7 Å². The Bertz CT molecular complexity index is 785. The first-order valence-electron chi connectivity index (χ1n) is 10.4. The maximum atomic E-state index is 12.8. The maximum Gasteiger partial charge on any atom is 0.416 e. The summed E-state index contributed by atoms with van der Waals surface area (Å²) in [5.41, 5.74) is -0.341. The number of nitrogens with one attached hydrogen (secondary N) is 1. The molecule has 2 aliphatic heterocycles. The van der Waals surface area contributed by atoms with E-state index in [2.05, 4.69) is 31.9 Å². The fourth-order valence-electron chi connectivity index (χ4n) is 3.78. The van der Waals surface area contributed by atoms with E-state index in [0.29, 0.717) is 11.5 Å². The van der Waals surface area contributed by atoms with Gasteiger partial charge >= 0.3 is 6.18 Å². The van der Waals surface area contributed by atoms with Crippen molar-refractivity contribution < 1.29 is 17.9 Å². The third-order valence-electron chi connectivity index (χ3n) is 5.27. The number of guanidine groups is 1. The van der Waals surface area contributed by atoms with Gasteiger partial charge in [-0.3, -0.25) is 4.90 Å². The predicted octanol–water partition coefficient (Wildman–Crippen LogP) is 3.29. The van der Waals surface area contributed by atoms with Gasteiger partial charge < -0.3 is 15.0 Å². The first-order valence-corrected chi connectivity index (χ1v) is 10.4. The fourth-order valence-corrected chi connectivity index (χ4v) is 3.78. The molecule has 5 nitrogen and oxygen atoms in total. The summed E-state index contributed by atoms with van der Waals surface area (Å²) in [6.07, 6.45) is -3.24. The first-order chi connectivity index (χ1) is 14.5. The number of halogens is 4. The standard InChI is InChI=1S/C22H29F3N4O.HI/c1-2-26-21(29-10-8-19(17-29)16-28-11-13-30-14-12-28)27-9-4-6-18-5-3-7-20(15-18)22(23,24)25;/h3,5,7,15,19H,2,8-14,16-17H2,1H3,(H,26,27);1H. The first kappa shape index (κ1) is 25.7. The second-order valence-electron chi connectivity index (χ2n) is 7.56. The van der Waals surface area contributed by atoms with Crippen LogP contribution in [0.3, 0.4) is 0 Å². The van der Waals surface area contributed by atoms with Crippen LogP contribution in [0.15, 0.2) is 29.3 Å². The Labute approximate surface area is 199 Å². The molecule has 1 aromatic rings. The summed E-state index contributed by atoms with van der Waals surface area (Å²) in [6, 6.07) is 5.07. The lowest BCUT2D eigenvalue weighted by Crippen LogP contribution is -2.42. The van der Waals surface area contributed by atoms with E-state index in [4.69, 9.17) is 4.74 Å². The van der Waals surface area contributed by atoms with E-state index in [1.165, 1.54) is 6.07 Å². The Morgan fingerprint density at radius 1 is 1.26 bits per heavy atom. The molecule has 1 atom stereocenters. The lowest BCUT2D eigenvalue weighted by Gasteiger charge is -2.29. The van der Waals surface area contributed by atoms with Crippen LogP contribution in [0.25, 0.3) is 0 Å². The molecule has 1 unspecified atom stereocenters. The quantitative estimate of drug-likeness (QED) is 0.271. The van der Waals surface area contributed by atoms with Gasteiger partial charge in [0.2, 0.25) is 0 Å². The molecule has 0 aliphatic carbocycles. The lowest BCUT2D eigenvalue weighted by atomic mass is 10.1. The number of morpholine rings is 1. The van der Waals surface area contributed by atoms with Crippen LogP contribution in [0.1, 0.15) is 24.5 Å². The molecule has 2 heterocycles. The van der Waals surface area contributed by atoms with Gasteiger partial charge in [-0.25, -0.2) is 4.99 Å². The highest BCUT2D eigenvalue weighted by molar-refractivity contribution is 14.0. The van der Waals surface area contributed by atoms with E-state index in [1.807, 2.05) is 6.92 Å². The zero-order chi connectivity index (χ0) is 21.4. The van der Waals surface area contributed by atoms with E-state index in [9.17, 15) is 13.2 Å². The van der Waals surface area contributed by atoms with E-state index in [-0.39, 0.29) is 30.5 Å². The molecule has 2 fully saturated rings. The summed E-state index contributed by atoms with van der Waals surface area (Å²) in [7, 11) is 0. The second-order valence-corrected chi connectivity index (χ2v) is 7.56. The van der Waals surface area contributed by atoms with Crippen LogP contribution in [-0.4, -0.2) is 74.8 Å². The number of alkyl halides is 3. The van der Waals surface area contributed by atoms with Crippen molar-refractivity contribution >= 4 is 29.9 Å². The minimum absolute atomic E-state index is 0. The van der Waals surface area contributed by atoms with Crippen LogP contribution in [0, 0.1) is 17.8 Å². The van der Waals surface area contributed by atoms with Crippen molar-refractivity contribution in [2.45, 2.75) is 19.5 Å². The Balaban J connectivity index is 0.00000341. The zero-order valence-corrected chi connectivity index (χ0v) is 20.1. The Morgan fingerprint density at radius 3 is 2.74 bits per heavy atom. The van der Waals surface area contributed by atoms with Gasteiger partial charge in [0, 0.05) is 44.8 Å². The number of hydrogen-bond acceptors (Lipinski definition) is 3. The van der Waals surface area contributed by atoms with Gasteiger partial charge in [0.25, 0.3) is 0 Å². The molecule has 1 aromatic carbocycles. The van der Waals surface area contributed by atoms with Gasteiger partial charge in [-0.05, 0) is 37.5 Å². The summed E-state index contributed by atoms with van der Waals surface area (Å²) in [4.78, 5) is 9.28. The minimum Gasteiger partial charge on any atom is -0.379 e. The second kappa shape index (κ2) is 12.5. The third kappa shape index (κ3) is 8.16. The molecule has 172 valence electrons. The number of hydrogen-bond donors (Lipinski definition) is 1. The van der Waals surface area contributed by atoms with Crippen molar-refractivity contribution in [3.05, 3.63) is 35.4 Å². The van der Waals surface area contributed by atoms with Crippen LogP contribution in [0.4, 0.5) is 13.2 Å². The van der Waals surface area contributed by atoms with Crippen LogP contribution in [0.2, 0.25) is 0 Å². The number of aliphatic imine (C=N–C) groups is 1. The highest BCUT2D eigenvalue weighted by Gasteiger charge is 2.30. The summed E-state index contributed by atoms with van der Waals surface area (Å²) in [6.45, 7) is 9.60. The molecule has 0 bridgehead atoms. The van der Waals surface area contributed by atoms with Gasteiger partial charge in [-0.2, -0.15) is 13.2 Å². The summed E-state index contributed by atoms with van der Waals surface area (Å²) >= 11 is 0. The third-order valence-corrected chi connectivity index (χ3v) is 5.27. The molecule has 9 heteroatoms. The number of ether oxygens (including phenoxy) is 1. The van der Waals surface area contributed by atoms with Crippen molar-refractivity contribution in [1.29, 1.82) is 0 Å². The minimum atomic E-state index is -4.36. The van der Waals surface area contributed by atoms with Crippen molar-refractivity contribution in [2.24, 2.45) is 10.9 Å². The molecule has 31 heavy (non-hydrogen) atoms. The molecular formula is C22H30F3IN4O. The topological polar surface area (TPSA) is 40.1 Å². The fraction of sp³-hybridized carbons (Fsp3) is 0.591. The van der Waals surface area contributed by atoms with Gasteiger partial charge in [0.1, 0.15) is 6.54 Å². The molecule has 0 saturated carbocycles. The van der Waals surface area contributed by atoms with Gasteiger partial charge in [-0.1, -0.05) is 17.9 Å². The predicted molar refractivity (Wildman–Crippen MR) is 127 cm³/mol. The normalized spacial score (nSPS) is 20.1. The molecule has 0 spiro atoms. The van der Waals surface area contributed by atoms with Crippen molar-refractivity contribution in [3.63, 3.8) is 0 Å². The van der Waals surface area contributed by atoms with Gasteiger partial charge in [0.15, 0.2) is 5.96 Å². The molecule has 0 amide bonds. The van der Waals surface area contributed by atoms with E-state index in [1.54, 1.807) is 6.07 Å². The molecule has 0 radical (unpaired) electrons. The highest BCUT2D eigenvalue weighted by Crippen LogP contribution is 2.29. The van der Waals surface area contributed by atoms with Crippen LogP contribution in [0.5, 0.6) is 0 Å². The summed E-state index contributed by atoms with van der Waals surface area (Å²) < 4.78 is 43.8. The van der Waals surface area contributed by atoms with Gasteiger partial charge in [0.05, 0.1) is 18.8 Å². The van der Waals surface area contributed by atoms with Crippen LogP contribution in [-0.2, 0) is 10.9 Å². The highest BCUT2D eigenvalue weighted by atomic mass is 127. The Kier molecular flexibility index (Phi) is 10.4. The molecule has 3 rings (SSSR count). The summed E-state index contributed by atoms with van der Waals surface area (Å²) in [5.74, 6) is 7.08. The van der Waals surface area contributed by atoms with Crippen LogP contribution < -0.4 is 5.32 Å². The molecular weight excluding hydrogens is 520 g/mol. The molecule has 2 saturated heterocycles. The maximum absolute atomic E-state index is 12.8.